The van der Waals surface area contributed by atoms with E-state index in [0.717, 1.165) is 0 Å². The van der Waals surface area contributed by atoms with Gasteiger partial charge in [-0.25, -0.2) is 0 Å². The minimum absolute atomic E-state index is 0. The van der Waals surface area contributed by atoms with Gasteiger partial charge in [0.2, 0.25) is 0 Å². The average Bonchev–Trinajstić information content (AvgIpc) is 1.31. The zero-order valence-electron chi connectivity index (χ0n) is 7.66. The van der Waals surface area contributed by atoms with Crippen LogP contribution in [0.2, 0.25) is 4.24 Å². The van der Waals surface area contributed by atoms with Gasteiger partial charge in [-0.1, -0.05) is 0 Å². The molecule has 0 atom stereocenters. The zero-order valence-corrected chi connectivity index (χ0v) is 8.81. The van der Waals surface area contributed by atoms with Gasteiger partial charge in [0.1, 0.15) is 0 Å². The molecule has 0 aliphatic heterocycles. The maximum absolute atomic E-state index is 6.31. The first-order valence-electron chi connectivity index (χ1n) is 2.75. The number of hydrogen-bond donors (Lipinski definition) is 1. The summed E-state index contributed by atoms with van der Waals surface area (Å²) in [6.07, 6.45) is 0. The molecule has 6 heavy (non-hydrogen) atoms. The predicted molar refractivity (Wildman–Crippen MR) is 14.6 cm³/mol. The Hall–Kier alpha value is 1.75. The molecule has 1 nitrogen and oxygen atoms in total. The van der Waals surface area contributed by atoms with Crippen LogP contribution in [0.5, 0.6) is 0 Å². The molecule has 0 aromatic carbocycles. The Labute approximate surface area is 84.0 Å². The van der Waals surface area contributed by atoms with Crippen molar-refractivity contribution in [1.82, 2.24) is 0 Å². The Morgan fingerprint density at radius 1 is 1.50 bits per heavy atom. The molecule has 0 aliphatic rings. The van der Waals surface area contributed by atoms with E-state index in [4.69, 9.17) is 6.98 Å². The van der Waals surface area contributed by atoms with Crippen LogP contribution < -0.4 is 42.9 Å². The van der Waals surface area contributed by atoms with E-state index in [9.17, 15) is 0 Å². The van der Waals surface area contributed by atoms with Crippen LogP contribution in [0.3, 0.4) is 0 Å². The molecule has 0 aliphatic carbocycles. The van der Waals surface area contributed by atoms with Crippen LogP contribution in [0, 0.1) is 0 Å². The van der Waals surface area contributed by atoms with E-state index < -0.39 is 12.7 Å². The number of quaternary nitrogens is 1. The smallest absolute Gasteiger partial charge is 1.00 e. The summed E-state index contributed by atoms with van der Waals surface area (Å²) in [6.45, 7) is -1.76. The molecule has 0 heterocycles. The molecule has 0 bridgehead atoms. The summed E-state index contributed by atoms with van der Waals surface area (Å²) in [5.41, 5.74) is -1.86. The van der Waals surface area contributed by atoms with E-state index in [1.165, 1.54) is 0 Å². The molecule has 0 saturated carbocycles. The standard InChI is InChI=1S/CH5N.3ClH.Pb/c1-2;;;;/h2H2,1H3;3*1H;/q;;;;+2/p-2/i1D2;;;;/hD3. The van der Waals surface area contributed by atoms with Gasteiger partial charge in [0, 0.05) is 0 Å². The topological polar surface area (TPSA) is 27.6 Å². The van der Waals surface area contributed by atoms with Crippen molar-refractivity contribution >= 4 is 27.3 Å². The SMILES string of the molecule is [2H]C([2H])[N+]([2H])([2H])[2H].[Cl-].[Cl-].[Cl-].[Pb+2]. The first-order chi connectivity index (χ1) is 2.94. The maximum atomic E-state index is 6.31. The van der Waals surface area contributed by atoms with Gasteiger partial charge in [-0.3, -0.25) is 0 Å². The van der Waals surface area contributed by atoms with E-state index in [0.29, 0.717) is 0 Å². The van der Waals surface area contributed by atoms with Crippen molar-refractivity contribution in [3.63, 3.8) is 0 Å². The van der Waals surface area contributed by atoms with Crippen molar-refractivity contribution in [3.8, 4) is 0 Å². The number of rotatable bonds is 0. The second-order valence-electron chi connectivity index (χ2n) is 0. The molecule has 0 saturated heterocycles. The Kier molecular flexibility index (Phi) is 71.3. The van der Waals surface area contributed by atoms with Gasteiger partial charge in [0.15, 0.2) is 0 Å². The minimum Gasteiger partial charge on any atom is -1.00 e. The fourth-order valence-corrected chi connectivity index (χ4v) is 0. The van der Waals surface area contributed by atoms with Crippen LogP contribution in [-0.4, -0.2) is 34.3 Å². The quantitative estimate of drug-likeness (QED) is 0.420. The van der Waals surface area contributed by atoms with E-state index >= 15 is 0 Å². The summed E-state index contributed by atoms with van der Waals surface area (Å²) in [4.78, 5) is 0. The van der Waals surface area contributed by atoms with E-state index in [1.807, 2.05) is 0 Å². The number of hydrogen-bond acceptors (Lipinski definition) is 0. The minimum atomic E-state index is -1.86. The summed E-state index contributed by atoms with van der Waals surface area (Å²) in [5.74, 6) is 0. The van der Waals surface area contributed by atoms with E-state index in [2.05, 4.69) is 0 Å². The molecule has 40 valence electrons. The molecule has 0 aromatic rings. The molecule has 0 spiro atoms. The van der Waals surface area contributed by atoms with Crippen molar-refractivity contribution < 1.29 is 49.9 Å². The molecule has 0 rings (SSSR count). The van der Waals surface area contributed by atoms with Crippen molar-refractivity contribution in [1.29, 1.82) is 0 Å². The molecule has 0 amide bonds. The van der Waals surface area contributed by atoms with Crippen LogP contribution in [-0.2, 0) is 0 Å². The molecule has 3 N–H and O–H groups in total. The molecule has 5 heteroatoms. The first kappa shape index (κ1) is 5.88. The third kappa shape index (κ3) is 42.3. The van der Waals surface area contributed by atoms with Crippen LogP contribution in [0.4, 0.5) is 0 Å². The Balaban J connectivity index is -0.0000000300. The second-order valence-corrected chi connectivity index (χ2v) is 0. The summed E-state index contributed by atoms with van der Waals surface area (Å²) >= 11 is 0. The average molecular weight is 351 g/mol. The molecular weight excluding hydrogens is 340 g/mol. The normalized spacial score (nSPS) is 15.8. The van der Waals surface area contributed by atoms with Crippen LogP contribution in [0.1, 0.15) is 2.74 Å². The fourth-order valence-electron chi connectivity index (χ4n) is 0. The van der Waals surface area contributed by atoms with Crippen LogP contribution in [0.15, 0.2) is 0 Å². The first-order valence-corrected chi connectivity index (χ1v) is 0.258. The van der Waals surface area contributed by atoms with Gasteiger partial charge in [-0.2, -0.15) is 0 Å². The van der Waals surface area contributed by atoms with Gasteiger partial charge >= 0.3 is 31.5 Å². The van der Waals surface area contributed by atoms with Gasteiger partial charge in [0.25, 0.3) is 0 Å². The van der Waals surface area contributed by atoms with Gasteiger partial charge < -0.3 is 42.9 Å². The number of halogens is 3. The monoisotopic (exact) mass is 350 g/mol. The van der Waals surface area contributed by atoms with Crippen LogP contribution >= 0.6 is 0 Å². The Morgan fingerprint density at radius 3 is 1.67 bits per heavy atom. The third-order valence-corrected chi connectivity index (χ3v) is 0. The largest absolute Gasteiger partial charge is 2.00 e. The zero-order chi connectivity index (χ0) is 6.08. The Bertz CT molecular complexity index is 67.2. The van der Waals surface area contributed by atoms with Crippen molar-refractivity contribution in [3.05, 3.63) is 0 Å². The molecule has 0 aromatic heterocycles. The molecule has 2 radical (unpaired) electrons. The molecule has 0 fully saturated rings. The summed E-state index contributed by atoms with van der Waals surface area (Å²) in [6, 6.07) is 0. The fraction of sp³-hybridized carbons (Fsp3) is 1.00. The molecule has 0 unspecified atom stereocenters. The van der Waals surface area contributed by atoms with Gasteiger partial charge in [-0.05, 0) is 0 Å². The van der Waals surface area contributed by atoms with Crippen molar-refractivity contribution in [2.45, 2.75) is 0 Å². The van der Waals surface area contributed by atoms with E-state index in [-0.39, 0.29) is 64.5 Å². The van der Waals surface area contributed by atoms with Crippen molar-refractivity contribution in [2.75, 3.05) is 7.00 Å². The third-order valence-electron chi connectivity index (χ3n) is 0. The Morgan fingerprint density at radius 2 is 1.67 bits per heavy atom. The predicted octanol–water partition coefficient (Wildman–Crippen LogP) is -10.5. The maximum Gasteiger partial charge on any atom is 2.00 e. The second kappa shape index (κ2) is 72.8. The van der Waals surface area contributed by atoms with Crippen molar-refractivity contribution in [2.24, 2.45) is 0 Å². The summed E-state index contributed by atoms with van der Waals surface area (Å²) in [5, 5.41) is 0. The van der Waals surface area contributed by atoms with Gasteiger partial charge in [0.05, 0.1) is 9.74 Å². The van der Waals surface area contributed by atoms with E-state index in [1.54, 1.807) is 0 Å². The van der Waals surface area contributed by atoms with Gasteiger partial charge in [-0.15, -0.1) is 0 Å². The molecular formula is CH6Cl3NPb. The van der Waals surface area contributed by atoms with Crippen LogP contribution in [0.25, 0.3) is 0 Å². The summed E-state index contributed by atoms with van der Waals surface area (Å²) < 4.78 is 31.5. The summed E-state index contributed by atoms with van der Waals surface area (Å²) in [7, 11) is 0.